The molecule has 2 atom stereocenters. The van der Waals surface area contributed by atoms with Crippen molar-refractivity contribution in [1.82, 2.24) is 15.6 Å². The van der Waals surface area contributed by atoms with Crippen LogP contribution in [-0.4, -0.2) is 29.3 Å². The lowest BCUT2D eigenvalue weighted by atomic mass is 9.72. The fourth-order valence-corrected chi connectivity index (χ4v) is 4.51. The molecule has 1 fully saturated rings. The topological polar surface area (TPSA) is 57.2 Å². The number of fused-ring (bicyclic) bond motifs is 2. The minimum atomic E-state index is -0.387. The molecule has 1 saturated heterocycles. The number of hydrogen-bond donors (Lipinski definition) is 3. The summed E-state index contributed by atoms with van der Waals surface area (Å²) in [5, 5.41) is 18.2. The average molecular weight is 337 g/mol. The number of aliphatic hydroxyl groups is 1. The van der Waals surface area contributed by atoms with Crippen molar-refractivity contribution in [2.24, 2.45) is 0 Å². The molecule has 0 saturated carbocycles. The molecule has 132 valence electrons. The van der Waals surface area contributed by atoms with Gasteiger partial charge in [0.15, 0.2) is 0 Å². The van der Waals surface area contributed by atoms with Gasteiger partial charge < -0.3 is 15.7 Å². The molecule has 2 aliphatic rings. The third kappa shape index (κ3) is 2.88. The van der Waals surface area contributed by atoms with Gasteiger partial charge in [0.05, 0.1) is 17.8 Å². The molecule has 0 unspecified atom stereocenters. The first kappa shape index (κ1) is 16.7. The zero-order valence-electron chi connectivity index (χ0n) is 14.8. The van der Waals surface area contributed by atoms with E-state index in [-0.39, 0.29) is 17.6 Å². The van der Waals surface area contributed by atoms with E-state index in [0.29, 0.717) is 6.54 Å². The fourth-order valence-electron chi connectivity index (χ4n) is 4.51. The molecule has 1 aromatic carbocycles. The van der Waals surface area contributed by atoms with Crippen molar-refractivity contribution >= 4 is 0 Å². The Kier molecular flexibility index (Phi) is 4.59. The maximum absolute atomic E-state index is 11.2. The summed E-state index contributed by atoms with van der Waals surface area (Å²) in [6, 6.07) is 12.7. The third-order valence-corrected chi connectivity index (χ3v) is 6.01. The molecule has 4 rings (SSSR count). The molecule has 2 heterocycles. The Hall–Kier alpha value is -1.75. The zero-order valence-corrected chi connectivity index (χ0v) is 14.8. The van der Waals surface area contributed by atoms with Crippen LogP contribution in [0, 0.1) is 0 Å². The van der Waals surface area contributed by atoms with E-state index in [2.05, 4.69) is 58.9 Å². The normalized spacial score (nSPS) is 24.4. The molecule has 0 bridgehead atoms. The highest BCUT2D eigenvalue weighted by atomic mass is 16.3. The van der Waals surface area contributed by atoms with Gasteiger partial charge in [-0.25, -0.2) is 0 Å². The Morgan fingerprint density at radius 3 is 2.72 bits per heavy atom. The summed E-state index contributed by atoms with van der Waals surface area (Å²) >= 11 is 0. The van der Waals surface area contributed by atoms with Crippen molar-refractivity contribution < 1.29 is 5.11 Å². The summed E-state index contributed by atoms with van der Waals surface area (Å²) in [5.41, 5.74) is 4.74. The van der Waals surface area contributed by atoms with Gasteiger partial charge >= 0.3 is 0 Å². The van der Waals surface area contributed by atoms with Crippen LogP contribution >= 0.6 is 0 Å². The number of rotatable bonds is 4. The monoisotopic (exact) mass is 337 g/mol. The zero-order chi connectivity index (χ0) is 17.3. The molecule has 25 heavy (non-hydrogen) atoms. The number of nitrogens with zero attached hydrogens (tertiary/aromatic N) is 1. The molecule has 2 aromatic rings. The van der Waals surface area contributed by atoms with Gasteiger partial charge in [0.1, 0.15) is 0 Å². The predicted molar refractivity (Wildman–Crippen MR) is 99.4 cm³/mol. The largest absolute Gasteiger partial charge is 0.390 e. The van der Waals surface area contributed by atoms with E-state index in [4.69, 9.17) is 0 Å². The second-order valence-corrected chi connectivity index (χ2v) is 7.31. The molecule has 1 aliphatic carbocycles. The van der Waals surface area contributed by atoms with Crippen LogP contribution in [0.3, 0.4) is 0 Å². The van der Waals surface area contributed by atoms with Crippen molar-refractivity contribution in [2.45, 2.75) is 50.3 Å². The van der Waals surface area contributed by atoms with Crippen LogP contribution in [0.5, 0.6) is 0 Å². The number of aliphatic hydroxyl groups excluding tert-OH is 1. The molecule has 1 aromatic heterocycles. The van der Waals surface area contributed by atoms with Gasteiger partial charge in [-0.2, -0.15) is 0 Å². The number of aromatic nitrogens is 1. The number of hydrogen-bond acceptors (Lipinski definition) is 4. The Balaban J connectivity index is 1.57. The Bertz CT molecular complexity index is 722. The standard InChI is InChI=1S/C21H27N3O/c1-2-15-7-8-16(23-13-15)14-24-19-17-5-3-4-6-18(17)21(20(19)25)9-11-22-12-10-21/h3-8,13,19-20,22,24-25H,2,9-12,14H2,1H3/t19-,20+/m1/s1. The maximum atomic E-state index is 11.2. The average Bonchev–Trinajstić information content (AvgIpc) is 2.90. The summed E-state index contributed by atoms with van der Waals surface area (Å²) in [4.78, 5) is 4.54. The first-order valence-electron chi connectivity index (χ1n) is 9.40. The molecule has 4 nitrogen and oxygen atoms in total. The second-order valence-electron chi connectivity index (χ2n) is 7.31. The van der Waals surface area contributed by atoms with Crippen LogP contribution in [0.25, 0.3) is 0 Å². The van der Waals surface area contributed by atoms with Crippen molar-refractivity contribution in [2.75, 3.05) is 13.1 Å². The number of aryl methyl sites for hydroxylation is 1. The summed E-state index contributed by atoms with van der Waals surface area (Å²) in [7, 11) is 0. The van der Waals surface area contributed by atoms with Gasteiger partial charge in [0, 0.05) is 18.2 Å². The fraction of sp³-hybridized carbons (Fsp3) is 0.476. The highest BCUT2D eigenvalue weighted by Crippen LogP contribution is 2.50. The first-order valence-corrected chi connectivity index (χ1v) is 9.40. The number of pyridine rings is 1. The number of nitrogens with one attached hydrogen (secondary N) is 2. The Morgan fingerprint density at radius 2 is 2.00 bits per heavy atom. The van der Waals surface area contributed by atoms with E-state index in [1.54, 1.807) is 0 Å². The molecular formula is C21H27N3O. The maximum Gasteiger partial charge on any atom is 0.0832 e. The third-order valence-electron chi connectivity index (χ3n) is 6.01. The highest BCUT2D eigenvalue weighted by Gasteiger charge is 2.51. The van der Waals surface area contributed by atoms with Gasteiger partial charge in [-0.15, -0.1) is 0 Å². The van der Waals surface area contributed by atoms with Crippen LogP contribution in [-0.2, 0) is 18.4 Å². The smallest absolute Gasteiger partial charge is 0.0832 e. The van der Waals surface area contributed by atoms with E-state index in [1.165, 1.54) is 16.7 Å². The molecular weight excluding hydrogens is 310 g/mol. The van der Waals surface area contributed by atoms with Crippen LogP contribution < -0.4 is 10.6 Å². The van der Waals surface area contributed by atoms with Crippen molar-refractivity contribution in [3.8, 4) is 0 Å². The molecule has 0 amide bonds. The first-order chi connectivity index (χ1) is 12.2. The van der Waals surface area contributed by atoms with E-state index >= 15 is 0 Å². The molecule has 4 heteroatoms. The van der Waals surface area contributed by atoms with Crippen molar-refractivity contribution in [3.05, 3.63) is 65.0 Å². The number of benzene rings is 1. The highest BCUT2D eigenvalue weighted by molar-refractivity contribution is 5.45. The summed E-state index contributed by atoms with van der Waals surface area (Å²) in [6.45, 7) is 4.75. The summed E-state index contributed by atoms with van der Waals surface area (Å²) < 4.78 is 0. The van der Waals surface area contributed by atoms with Crippen LogP contribution in [0.4, 0.5) is 0 Å². The van der Waals surface area contributed by atoms with Crippen LogP contribution in [0.2, 0.25) is 0 Å². The summed E-state index contributed by atoms with van der Waals surface area (Å²) in [6.07, 6.45) is 4.55. The Labute approximate surface area is 149 Å². The van der Waals surface area contributed by atoms with Gasteiger partial charge in [-0.05, 0) is 55.1 Å². The van der Waals surface area contributed by atoms with Crippen molar-refractivity contribution in [1.29, 1.82) is 0 Å². The van der Waals surface area contributed by atoms with Crippen LogP contribution in [0.15, 0.2) is 42.6 Å². The van der Waals surface area contributed by atoms with Gasteiger partial charge in [0.2, 0.25) is 0 Å². The van der Waals surface area contributed by atoms with Crippen LogP contribution in [0.1, 0.15) is 48.2 Å². The lowest BCUT2D eigenvalue weighted by molar-refractivity contribution is 0.0438. The van der Waals surface area contributed by atoms with E-state index in [9.17, 15) is 5.11 Å². The van der Waals surface area contributed by atoms with Gasteiger partial charge in [0.25, 0.3) is 0 Å². The van der Waals surface area contributed by atoms with E-state index < -0.39 is 0 Å². The lowest BCUT2D eigenvalue weighted by Gasteiger charge is -2.39. The van der Waals surface area contributed by atoms with Gasteiger partial charge in [-0.3, -0.25) is 4.98 Å². The number of piperidine rings is 1. The minimum Gasteiger partial charge on any atom is -0.390 e. The molecule has 1 spiro atoms. The molecule has 1 aliphatic heterocycles. The van der Waals surface area contributed by atoms with Gasteiger partial charge in [-0.1, -0.05) is 37.3 Å². The summed E-state index contributed by atoms with van der Waals surface area (Å²) in [5.74, 6) is 0. The minimum absolute atomic E-state index is 0.0260. The lowest BCUT2D eigenvalue weighted by Crippen LogP contribution is -2.47. The SMILES string of the molecule is CCc1ccc(CN[C@@H]2c3ccccc3C3(CCNCC3)[C@H]2O)nc1. The second kappa shape index (κ2) is 6.87. The molecule has 3 N–H and O–H groups in total. The predicted octanol–water partition coefficient (Wildman–Crippen LogP) is 2.47. The van der Waals surface area contributed by atoms with E-state index in [0.717, 1.165) is 38.0 Å². The Morgan fingerprint density at radius 1 is 1.20 bits per heavy atom. The molecule has 0 radical (unpaired) electrons. The quantitative estimate of drug-likeness (QED) is 0.802. The van der Waals surface area contributed by atoms with E-state index in [1.807, 2.05) is 6.20 Å². The van der Waals surface area contributed by atoms with Crippen molar-refractivity contribution in [3.63, 3.8) is 0 Å².